The molecule has 0 N–H and O–H groups in total. The number of unbranched alkanes of at least 4 members (excludes halogenated alkanes) is 7. The lowest BCUT2D eigenvalue weighted by atomic mass is 9.99. The first kappa shape index (κ1) is 20.7. The zero-order valence-electron chi connectivity index (χ0n) is 15.6. The van der Waals surface area contributed by atoms with Crippen LogP contribution >= 0.6 is 0 Å². The fourth-order valence-electron chi connectivity index (χ4n) is 2.75. The van der Waals surface area contributed by atoms with Gasteiger partial charge in [0.1, 0.15) is 6.61 Å². The number of hydrogen-bond donors (Lipinski definition) is 0. The van der Waals surface area contributed by atoms with E-state index in [1.165, 1.54) is 51.4 Å². The molecule has 3 heteroatoms. The topological polar surface area (TPSA) is 39.2 Å². The minimum atomic E-state index is -0.0936. The van der Waals surface area contributed by atoms with E-state index in [4.69, 9.17) is 4.74 Å². The molecule has 0 bridgehead atoms. The highest BCUT2D eigenvalue weighted by Gasteiger charge is 2.03. The first-order valence-electron chi connectivity index (χ1n) is 9.77. The average Bonchev–Trinajstić information content (AvgIpc) is 2.62. The number of ether oxygens (including phenoxy) is 1. The van der Waals surface area contributed by atoms with Gasteiger partial charge in [-0.05, 0) is 18.4 Å². The number of esters is 1. The Morgan fingerprint density at radius 2 is 1.75 bits per heavy atom. The molecule has 0 aliphatic heterocycles. The molecule has 136 valence electrons. The van der Waals surface area contributed by atoms with Gasteiger partial charge < -0.3 is 4.74 Å². The number of pyridine rings is 1. The second-order valence-electron chi connectivity index (χ2n) is 6.90. The van der Waals surface area contributed by atoms with Crippen molar-refractivity contribution < 1.29 is 9.53 Å². The quantitative estimate of drug-likeness (QED) is 0.306. The molecule has 1 atom stereocenters. The standard InChI is InChI=1S/C21H35NO2/c1-3-19(2)13-10-8-6-4-5-7-9-11-15-21(23)24-18-20-14-12-16-22-17-20/h12,14,16-17,19H,3-11,13,15,18H2,1-2H3. The summed E-state index contributed by atoms with van der Waals surface area (Å²) in [4.78, 5) is 15.7. The van der Waals surface area contributed by atoms with Gasteiger partial charge in [0.05, 0.1) is 0 Å². The number of nitrogens with zero attached hydrogens (tertiary/aromatic N) is 1. The Balaban J connectivity index is 1.85. The summed E-state index contributed by atoms with van der Waals surface area (Å²) < 4.78 is 5.25. The van der Waals surface area contributed by atoms with Gasteiger partial charge in [-0.2, -0.15) is 0 Å². The van der Waals surface area contributed by atoms with Crippen molar-refractivity contribution in [1.29, 1.82) is 0 Å². The Kier molecular flexibility index (Phi) is 12.1. The van der Waals surface area contributed by atoms with Crippen molar-refractivity contribution in [3.63, 3.8) is 0 Å². The average molecular weight is 334 g/mol. The lowest BCUT2D eigenvalue weighted by Gasteiger charge is -2.07. The molecule has 0 spiro atoms. The van der Waals surface area contributed by atoms with Crippen molar-refractivity contribution in [2.75, 3.05) is 0 Å². The normalized spacial score (nSPS) is 12.1. The van der Waals surface area contributed by atoms with Crippen molar-refractivity contribution in [1.82, 2.24) is 4.98 Å². The molecule has 3 nitrogen and oxygen atoms in total. The van der Waals surface area contributed by atoms with Gasteiger partial charge >= 0.3 is 5.97 Å². The number of carbonyl (C=O) groups excluding carboxylic acids is 1. The molecule has 0 amide bonds. The van der Waals surface area contributed by atoms with Crippen molar-refractivity contribution in [3.05, 3.63) is 30.1 Å². The molecule has 1 unspecified atom stereocenters. The van der Waals surface area contributed by atoms with Crippen LogP contribution in [0.4, 0.5) is 0 Å². The van der Waals surface area contributed by atoms with Crippen LogP contribution in [-0.4, -0.2) is 11.0 Å². The van der Waals surface area contributed by atoms with Gasteiger partial charge in [0, 0.05) is 24.4 Å². The summed E-state index contributed by atoms with van der Waals surface area (Å²) in [6, 6.07) is 3.77. The van der Waals surface area contributed by atoms with Gasteiger partial charge in [0.15, 0.2) is 0 Å². The van der Waals surface area contributed by atoms with E-state index in [1.807, 2.05) is 12.1 Å². The number of hydrogen-bond acceptors (Lipinski definition) is 3. The van der Waals surface area contributed by atoms with Crippen LogP contribution in [0.25, 0.3) is 0 Å². The van der Waals surface area contributed by atoms with E-state index in [0.717, 1.165) is 24.3 Å². The maximum atomic E-state index is 11.7. The van der Waals surface area contributed by atoms with Gasteiger partial charge in [-0.3, -0.25) is 9.78 Å². The van der Waals surface area contributed by atoms with E-state index in [0.29, 0.717) is 13.0 Å². The smallest absolute Gasteiger partial charge is 0.306 e. The van der Waals surface area contributed by atoms with Gasteiger partial charge in [-0.15, -0.1) is 0 Å². The molecule has 0 saturated carbocycles. The third-order valence-electron chi connectivity index (χ3n) is 4.65. The molecule has 0 fully saturated rings. The fourth-order valence-corrected chi connectivity index (χ4v) is 2.75. The maximum absolute atomic E-state index is 11.7. The minimum Gasteiger partial charge on any atom is -0.461 e. The van der Waals surface area contributed by atoms with Crippen LogP contribution in [0.2, 0.25) is 0 Å². The van der Waals surface area contributed by atoms with E-state index in [-0.39, 0.29) is 5.97 Å². The predicted octanol–water partition coefficient (Wildman–Crippen LogP) is 6.07. The molecule has 1 rings (SSSR count). The van der Waals surface area contributed by atoms with E-state index in [2.05, 4.69) is 18.8 Å². The first-order valence-corrected chi connectivity index (χ1v) is 9.77. The monoisotopic (exact) mass is 333 g/mol. The van der Waals surface area contributed by atoms with Crippen LogP contribution in [0.15, 0.2) is 24.5 Å². The lowest BCUT2D eigenvalue weighted by molar-refractivity contribution is -0.145. The van der Waals surface area contributed by atoms with E-state index < -0.39 is 0 Å². The second-order valence-corrected chi connectivity index (χ2v) is 6.90. The maximum Gasteiger partial charge on any atom is 0.306 e. The summed E-state index contributed by atoms with van der Waals surface area (Å²) in [5.74, 6) is 0.798. The Morgan fingerprint density at radius 3 is 2.38 bits per heavy atom. The largest absolute Gasteiger partial charge is 0.461 e. The summed E-state index contributed by atoms with van der Waals surface area (Å²) in [6.45, 7) is 4.96. The minimum absolute atomic E-state index is 0.0936. The Hall–Kier alpha value is -1.38. The molecule has 1 heterocycles. The predicted molar refractivity (Wildman–Crippen MR) is 99.7 cm³/mol. The highest BCUT2D eigenvalue weighted by atomic mass is 16.5. The molecule has 0 aliphatic carbocycles. The first-order chi connectivity index (χ1) is 11.7. The van der Waals surface area contributed by atoms with Crippen LogP contribution in [0, 0.1) is 5.92 Å². The van der Waals surface area contributed by atoms with Crippen molar-refractivity contribution in [3.8, 4) is 0 Å². The highest BCUT2D eigenvalue weighted by Crippen LogP contribution is 2.15. The third-order valence-corrected chi connectivity index (χ3v) is 4.65. The van der Waals surface area contributed by atoms with Crippen molar-refractivity contribution in [2.45, 2.75) is 91.1 Å². The van der Waals surface area contributed by atoms with Crippen LogP contribution in [0.5, 0.6) is 0 Å². The second kappa shape index (κ2) is 14.0. The molecule has 0 saturated heterocycles. The fraction of sp³-hybridized carbons (Fsp3) is 0.714. The van der Waals surface area contributed by atoms with E-state index in [1.54, 1.807) is 12.4 Å². The van der Waals surface area contributed by atoms with Gasteiger partial charge in [-0.25, -0.2) is 0 Å². The van der Waals surface area contributed by atoms with Crippen molar-refractivity contribution in [2.24, 2.45) is 5.92 Å². The van der Waals surface area contributed by atoms with Gasteiger partial charge in [0.2, 0.25) is 0 Å². The van der Waals surface area contributed by atoms with Crippen LogP contribution < -0.4 is 0 Å². The van der Waals surface area contributed by atoms with Crippen molar-refractivity contribution >= 4 is 5.97 Å². The molecule has 0 radical (unpaired) electrons. The number of carbonyl (C=O) groups is 1. The van der Waals surface area contributed by atoms with Crippen LogP contribution in [-0.2, 0) is 16.1 Å². The molecule has 0 aliphatic rings. The van der Waals surface area contributed by atoms with E-state index in [9.17, 15) is 4.79 Å². The Labute approximate surface area is 148 Å². The zero-order chi connectivity index (χ0) is 17.5. The SMILES string of the molecule is CCC(C)CCCCCCCCCCC(=O)OCc1cccnc1. The summed E-state index contributed by atoms with van der Waals surface area (Å²) in [5, 5.41) is 0. The number of rotatable bonds is 14. The molecular weight excluding hydrogens is 298 g/mol. The lowest BCUT2D eigenvalue weighted by Crippen LogP contribution is -2.04. The van der Waals surface area contributed by atoms with Crippen LogP contribution in [0.1, 0.15) is 90.0 Å². The van der Waals surface area contributed by atoms with Crippen LogP contribution in [0.3, 0.4) is 0 Å². The molecule has 0 aromatic carbocycles. The summed E-state index contributed by atoms with van der Waals surface area (Å²) >= 11 is 0. The summed E-state index contributed by atoms with van der Waals surface area (Å²) in [6.07, 6.45) is 16.8. The molecule has 1 aromatic rings. The number of aromatic nitrogens is 1. The molecule has 24 heavy (non-hydrogen) atoms. The Morgan fingerprint density at radius 1 is 1.08 bits per heavy atom. The zero-order valence-corrected chi connectivity index (χ0v) is 15.6. The summed E-state index contributed by atoms with van der Waals surface area (Å²) in [7, 11) is 0. The summed E-state index contributed by atoms with van der Waals surface area (Å²) in [5.41, 5.74) is 0.944. The van der Waals surface area contributed by atoms with Gasteiger partial charge in [-0.1, -0.05) is 77.7 Å². The van der Waals surface area contributed by atoms with Gasteiger partial charge in [0.25, 0.3) is 0 Å². The van der Waals surface area contributed by atoms with E-state index >= 15 is 0 Å². The molecular formula is C21H35NO2. The highest BCUT2D eigenvalue weighted by molar-refractivity contribution is 5.69. The molecule has 1 aromatic heterocycles. The Bertz CT molecular complexity index is 419. The third kappa shape index (κ3) is 11.2.